The monoisotopic (exact) mass is 258 g/mol. The Labute approximate surface area is 110 Å². The van der Waals surface area contributed by atoms with Crippen LogP contribution >= 0.6 is 12.4 Å². The lowest BCUT2D eigenvalue weighted by Crippen LogP contribution is -2.33. The fraction of sp³-hybridized carbons (Fsp3) is 0.923. The zero-order valence-corrected chi connectivity index (χ0v) is 11.3. The second-order valence-corrected chi connectivity index (χ2v) is 5.66. The number of likely N-dealkylation sites (N-methyl/N-ethyl adjacent to an activating group) is 1. The minimum atomic E-state index is 0. The first-order valence-corrected chi connectivity index (χ1v) is 6.81. The quantitative estimate of drug-likeness (QED) is 0.733. The third kappa shape index (κ3) is 2.19. The van der Waals surface area contributed by atoms with Crippen molar-refractivity contribution in [3.63, 3.8) is 0 Å². The number of carbonyl (C=O) groups is 1. The van der Waals surface area contributed by atoms with Crippen LogP contribution in [0.4, 0.5) is 0 Å². The molecule has 98 valence electrons. The molecule has 3 aliphatic rings. The predicted octanol–water partition coefficient (Wildman–Crippen LogP) is 1.43. The molecule has 3 rings (SSSR count). The summed E-state index contributed by atoms with van der Waals surface area (Å²) >= 11 is 0. The first-order valence-electron chi connectivity index (χ1n) is 6.81. The van der Waals surface area contributed by atoms with E-state index in [9.17, 15) is 4.79 Å². The van der Waals surface area contributed by atoms with Crippen molar-refractivity contribution in [2.24, 2.45) is 29.6 Å². The highest BCUT2D eigenvalue weighted by atomic mass is 35.5. The van der Waals surface area contributed by atoms with Crippen LogP contribution in [0.15, 0.2) is 0 Å². The van der Waals surface area contributed by atoms with Gasteiger partial charge in [0.2, 0.25) is 5.91 Å². The lowest BCUT2D eigenvalue weighted by Gasteiger charge is -2.09. The summed E-state index contributed by atoms with van der Waals surface area (Å²) in [7, 11) is 0. The summed E-state index contributed by atoms with van der Waals surface area (Å²) in [6, 6.07) is 0. The van der Waals surface area contributed by atoms with Gasteiger partial charge in [-0.05, 0) is 49.5 Å². The van der Waals surface area contributed by atoms with Crippen molar-refractivity contribution in [2.45, 2.75) is 26.2 Å². The van der Waals surface area contributed by atoms with Gasteiger partial charge < -0.3 is 10.6 Å². The third-order valence-corrected chi connectivity index (χ3v) is 4.89. The fourth-order valence-electron chi connectivity index (χ4n) is 4.24. The predicted molar refractivity (Wildman–Crippen MR) is 70.1 cm³/mol. The molecule has 4 unspecified atom stereocenters. The molecule has 1 amide bonds. The van der Waals surface area contributed by atoms with E-state index in [1.54, 1.807) is 0 Å². The fourth-order valence-corrected chi connectivity index (χ4v) is 4.24. The maximum Gasteiger partial charge on any atom is 0.223 e. The average Bonchev–Trinajstić information content (AvgIpc) is 2.74. The topological polar surface area (TPSA) is 41.1 Å². The Hall–Kier alpha value is -0.280. The van der Waals surface area contributed by atoms with Crippen LogP contribution in [0.2, 0.25) is 0 Å². The molecule has 3 aliphatic carbocycles. The third-order valence-electron chi connectivity index (χ3n) is 4.89. The van der Waals surface area contributed by atoms with Crippen LogP contribution in [0.25, 0.3) is 0 Å². The van der Waals surface area contributed by atoms with Crippen molar-refractivity contribution < 1.29 is 4.79 Å². The zero-order valence-electron chi connectivity index (χ0n) is 10.4. The molecule has 0 aliphatic heterocycles. The van der Waals surface area contributed by atoms with Gasteiger partial charge >= 0.3 is 0 Å². The van der Waals surface area contributed by atoms with Gasteiger partial charge in [-0.15, -0.1) is 12.4 Å². The van der Waals surface area contributed by atoms with E-state index >= 15 is 0 Å². The molecule has 0 aromatic carbocycles. The number of rotatable bonds is 5. The van der Waals surface area contributed by atoms with Crippen molar-refractivity contribution in [2.75, 3.05) is 19.6 Å². The summed E-state index contributed by atoms with van der Waals surface area (Å²) in [5.41, 5.74) is 0. The highest BCUT2D eigenvalue weighted by molar-refractivity contribution is 5.85. The van der Waals surface area contributed by atoms with Crippen molar-refractivity contribution in [3.05, 3.63) is 0 Å². The van der Waals surface area contributed by atoms with Gasteiger partial charge in [0.25, 0.3) is 0 Å². The largest absolute Gasteiger partial charge is 0.355 e. The van der Waals surface area contributed by atoms with Crippen LogP contribution in [0.5, 0.6) is 0 Å². The minimum Gasteiger partial charge on any atom is -0.355 e. The van der Waals surface area contributed by atoms with E-state index in [1.807, 2.05) is 0 Å². The van der Waals surface area contributed by atoms with Gasteiger partial charge in [0.15, 0.2) is 0 Å². The van der Waals surface area contributed by atoms with Crippen LogP contribution in [0, 0.1) is 29.6 Å². The summed E-state index contributed by atoms with van der Waals surface area (Å²) in [5, 5.41) is 6.30. The number of nitrogens with one attached hydrogen (secondary N) is 2. The molecule has 2 N–H and O–H groups in total. The number of hydrogen-bond acceptors (Lipinski definition) is 2. The van der Waals surface area contributed by atoms with Gasteiger partial charge in [-0.1, -0.05) is 6.92 Å². The van der Waals surface area contributed by atoms with Crippen LogP contribution in [-0.2, 0) is 4.79 Å². The van der Waals surface area contributed by atoms with E-state index in [1.165, 1.54) is 19.3 Å². The Kier molecular flexibility index (Phi) is 3.99. The van der Waals surface area contributed by atoms with E-state index in [4.69, 9.17) is 0 Å². The SMILES string of the molecule is CCNCCNC(=O)C1C2C3CCC(C3)C12.Cl. The molecule has 0 spiro atoms. The number of halogens is 1. The lowest BCUT2D eigenvalue weighted by molar-refractivity contribution is -0.123. The summed E-state index contributed by atoms with van der Waals surface area (Å²) in [4.78, 5) is 12.0. The minimum absolute atomic E-state index is 0. The Morgan fingerprint density at radius 2 is 1.82 bits per heavy atom. The molecule has 3 nitrogen and oxygen atoms in total. The Morgan fingerprint density at radius 3 is 2.41 bits per heavy atom. The van der Waals surface area contributed by atoms with Gasteiger partial charge in [-0.25, -0.2) is 0 Å². The standard InChI is InChI=1S/C13H22N2O.ClH/c1-2-14-5-6-15-13(16)12-10-8-3-4-9(7-8)11(10)12;/h8-12,14H,2-7H2,1H3,(H,15,16);1H. The van der Waals surface area contributed by atoms with Gasteiger partial charge in [0.05, 0.1) is 0 Å². The maximum atomic E-state index is 12.0. The molecule has 17 heavy (non-hydrogen) atoms. The second kappa shape index (κ2) is 5.15. The molecule has 0 aromatic rings. The van der Waals surface area contributed by atoms with Crippen molar-refractivity contribution in [1.82, 2.24) is 10.6 Å². The second-order valence-electron chi connectivity index (χ2n) is 5.66. The zero-order chi connectivity index (χ0) is 11.1. The molecule has 0 radical (unpaired) electrons. The van der Waals surface area contributed by atoms with Crippen molar-refractivity contribution >= 4 is 18.3 Å². The van der Waals surface area contributed by atoms with Crippen molar-refractivity contribution in [1.29, 1.82) is 0 Å². The number of fused-ring (bicyclic) bond motifs is 5. The molecule has 4 heteroatoms. The molecular weight excluding hydrogens is 236 g/mol. The summed E-state index contributed by atoms with van der Waals surface area (Å²) < 4.78 is 0. The molecule has 0 heterocycles. The van der Waals surface area contributed by atoms with Crippen molar-refractivity contribution in [3.8, 4) is 0 Å². The van der Waals surface area contributed by atoms with Gasteiger partial charge in [-0.3, -0.25) is 4.79 Å². The molecule has 3 saturated carbocycles. The molecule has 3 fully saturated rings. The first kappa shape index (κ1) is 13.2. The maximum absolute atomic E-state index is 12.0. The number of hydrogen-bond donors (Lipinski definition) is 2. The molecule has 0 saturated heterocycles. The van der Waals surface area contributed by atoms with E-state index < -0.39 is 0 Å². The van der Waals surface area contributed by atoms with Crippen LogP contribution in [-0.4, -0.2) is 25.5 Å². The Balaban J connectivity index is 0.00000108. The number of amides is 1. The summed E-state index contributed by atoms with van der Waals surface area (Å²) in [5.74, 6) is 4.09. The lowest BCUT2D eigenvalue weighted by atomic mass is 10.0. The van der Waals surface area contributed by atoms with Crippen LogP contribution in [0.3, 0.4) is 0 Å². The van der Waals surface area contributed by atoms with E-state index in [2.05, 4.69) is 17.6 Å². The summed E-state index contributed by atoms with van der Waals surface area (Å²) in [6.07, 6.45) is 4.22. The first-order chi connectivity index (χ1) is 7.83. The number of carbonyl (C=O) groups excluding carboxylic acids is 1. The molecular formula is C13H23ClN2O. The van der Waals surface area contributed by atoms with Gasteiger partial charge in [-0.2, -0.15) is 0 Å². The smallest absolute Gasteiger partial charge is 0.223 e. The van der Waals surface area contributed by atoms with Crippen LogP contribution < -0.4 is 10.6 Å². The average molecular weight is 259 g/mol. The highest BCUT2D eigenvalue weighted by Crippen LogP contribution is 2.69. The molecule has 2 bridgehead atoms. The van der Waals surface area contributed by atoms with Gasteiger partial charge in [0, 0.05) is 19.0 Å². The van der Waals surface area contributed by atoms with E-state index in [0.29, 0.717) is 11.8 Å². The molecule has 4 atom stereocenters. The summed E-state index contributed by atoms with van der Waals surface area (Å²) in [6.45, 7) is 4.76. The Bertz CT molecular complexity index is 281. The van der Waals surface area contributed by atoms with Gasteiger partial charge in [0.1, 0.15) is 0 Å². The van der Waals surface area contributed by atoms with Crippen LogP contribution in [0.1, 0.15) is 26.2 Å². The van der Waals surface area contributed by atoms with E-state index in [-0.39, 0.29) is 12.4 Å². The highest BCUT2D eigenvalue weighted by Gasteiger charge is 2.67. The van der Waals surface area contributed by atoms with E-state index in [0.717, 1.165) is 43.3 Å². The Morgan fingerprint density at radius 1 is 1.18 bits per heavy atom. The molecule has 0 aromatic heterocycles. The normalized spacial score (nSPS) is 40.6.